The summed E-state index contributed by atoms with van der Waals surface area (Å²) < 4.78 is 18.7. The van der Waals surface area contributed by atoms with Crippen LogP contribution in [0.3, 0.4) is 0 Å². The van der Waals surface area contributed by atoms with Gasteiger partial charge in [0, 0.05) is 10.6 Å². The van der Waals surface area contributed by atoms with Crippen molar-refractivity contribution >= 4 is 35.0 Å². The van der Waals surface area contributed by atoms with E-state index in [1.54, 1.807) is 55.5 Å². The van der Waals surface area contributed by atoms with Crippen LogP contribution in [0.2, 0.25) is 0 Å². The van der Waals surface area contributed by atoms with Gasteiger partial charge in [0.2, 0.25) is 5.91 Å². The van der Waals surface area contributed by atoms with Crippen molar-refractivity contribution in [1.29, 1.82) is 0 Å². The molecule has 5 nitrogen and oxygen atoms in total. The predicted molar refractivity (Wildman–Crippen MR) is 103 cm³/mol. The Labute approximate surface area is 160 Å². The van der Waals surface area contributed by atoms with Gasteiger partial charge in [-0.05, 0) is 55.5 Å². The molecule has 7 heteroatoms. The molecule has 3 rings (SSSR count). The number of benzene rings is 2. The van der Waals surface area contributed by atoms with Crippen molar-refractivity contribution < 1.29 is 18.4 Å². The standard InChI is InChI=1S/C20H17FN2O3S/c1-13(19(24)23-17-6-3-2-5-16(17)21)27-15-10-8-14(9-11-15)22-20(25)18-7-4-12-26-18/h2-13H,1H3,(H,22,25)(H,23,24). The summed E-state index contributed by atoms with van der Waals surface area (Å²) in [5, 5.41) is 4.88. The van der Waals surface area contributed by atoms with E-state index in [2.05, 4.69) is 10.6 Å². The fraction of sp³-hybridized carbons (Fsp3) is 0.100. The molecule has 0 spiro atoms. The highest BCUT2D eigenvalue weighted by atomic mass is 32.2. The van der Waals surface area contributed by atoms with E-state index in [-0.39, 0.29) is 23.3 Å². The van der Waals surface area contributed by atoms with E-state index in [0.29, 0.717) is 5.69 Å². The van der Waals surface area contributed by atoms with Crippen LogP contribution in [-0.2, 0) is 4.79 Å². The minimum Gasteiger partial charge on any atom is -0.459 e. The molecule has 1 unspecified atom stereocenters. The summed E-state index contributed by atoms with van der Waals surface area (Å²) in [6, 6.07) is 16.3. The lowest BCUT2D eigenvalue weighted by Gasteiger charge is -2.13. The molecule has 0 bridgehead atoms. The molecule has 0 radical (unpaired) electrons. The molecule has 0 aliphatic rings. The first-order valence-electron chi connectivity index (χ1n) is 8.20. The SMILES string of the molecule is CC(Sc1ccc(NC(=O)c2ccco2)cc1)C(=O)Nc1ccccc1F. The summed E-state index contributed by atoms with van der Waals surface area (Å²) in [4.78, 5) is 25.0. The Morgan fingerprint density at radius 3 is 2.41 bits per heavy atom. The van der Waals surface area contributed by atoms with Gasteiger partial charge in [0.25, 0.3) is 5.91 Å². The number of carbonyl (C=O) groups excluding carboxylic acids is 2. The number of hydrogen-bond acceptors (Lipinski definition) is 4. The molecule has 1 atom stereocenters. The number of nitrogens with one attached hydrogen (secondary N) is 2. The Bertz CT molecular complexity index is 927. The number of hydrogen-bond donors (Lipinski definition) is 2. The number of anilines is 2. The van der Waals surface area contributed by atoms with Crippen LogP contribution in [0.5, 0.6) is 0 Å². The number of para-hydroxylation sites is 1. The molecular formula is C20H17FN2O3S. The van der Waals surface area contributed by atoms with Crippen LogP contribution in [0.15, 0.2) is 76.2 Å². The van der Waals surface area contributed by atoms with E-state index in [0.717, 1.165) is 4.90 Å². The first-order chi connectivity index (χ1) is 13.0. The van der Waals surface area contributed by atoms with Crippen LogP contribution in [0.1, 0.15) is 17.5 Å². The number of amides is 2. The molecule has 2 N–H and O–H groups in total. The molecule has 1 heterocycles. The number of thioether (sulfide) groups is 1. The van der Waals surface area contributed by atoms with E-state index in [4.69, 9.17) is 4.42 Å². The molecule has 0 saturated heterocycles. The lowest BCUT2D eigenvalue weighted by Crippen LogP contribution is -2.22. The number of rotatable bonds is 6. The van der Waals surface area contributed by atoms with Crippen LogP contribution >= 0.6 is 11.8 Å². The molecule has 1 aromatic heterocycles. The molecule has 0 aliphatic heterocycles. The number of halogens is 1. The molecule has 2 aromatic carbocycles. The first-order valence-corrected chi connectivity index (χ1v) is 9.08. The van der Waals surface area contributed by atoms with Gasteiger partial charge in [-0.15, -0.1) is 11.8 Å². The second-order valence-corrected chi connectivity index (χ2v) is 7.10. The second-order valence-electron chi connectivity index (χ2n) is 5.68. The van der Waals surface area contributed by atoms with Gasteiger partial charge in [-0.1, -0.05) is 12.1 Å². The molecule has 2 amide bonds. The summed E-state index contributed by atoms with van der Waals surface area (Å²) in [5.41, 5.74) is 0.773. The average molecular weight is 384 g/mol. The van der Waals surface area contributed by atoms with Gasteiger partial charge >= 0.3 is 0 Å². The van der Waals surface area contributed by atoms with Crippen molar-refractivity contribution in [3.8, 4) is 0 Å². The van der Waals surface area contributed by atoms with Gasteiger partial charge in [-0.3, -0.25) is 9.59 Å². The smallest absolute Gasteiger partial charge is 0.291 e. The van der Waals surface area contributed by atoms with E-state index < -0.39 is 11.1 Å². The zero-order valence-corrected chi connectivity index (χ0v) is 15.3. The third kappa shape index (κ3) is 4.98. The third-order valence-electron chi connectivity index (χ3n) is 3.67. The Morgan fingerprint density at radius 2 is 1.74 bits per heavy atom. The Kier molecular flexibility index (Phi) is 5.93. The van der Waals surface area contributed by atoms with E-state index >= 15 is 0 Å². The molecule has 0 aliphatic carbocycles. The van der Waals surface area contributed by atoms with Gasteiger partial charge < -0.3 is 15.1 Å². The first kappa shape index (κ1) is 18.7. The molecule has 0 fully saturated rings. The maximum absolute atomic E-state index is 13.6. The summed E-state index contributed by atoms with van der Waals surface area (Å²) in [5.74, 6) is -0.870. The minimum absolute atomic E-state index is 0.158. The molecular weight excluding hydrogens is 367 g/mol. The Hall–Kier alpha value is -3.06. The highest BCUT2D eigenvalue weighted by molar-refractivity contribution is 8.00. The summed E-state index contributed by atoms with van der Waals surface area (Å²) in [7, 11) is 0. The number of furan rings is 1. The zero-order chi connectivity index (χ0) is 19.2. The van der Waals surface area contributed by atoms with Crippen molar-refractivity contribution in [2.45, 2.75) is 17.1 Å². The highest BCUT2D eigenvalue weighted by Gasteiger charge is 2.16. The lowest BCUT2D eigenvalue weighted by molar-refractivity contribution is -0.115. The highest BCUT2D eigenvalue weighted by Crippen LogP contribution is 2.26. The van der Waals surface area contributed by atoms with Crippen molar-refractivity contribution in [3.63, 3.8) is 0 Å². The fourth-order valence-electron chi connectivity index (χ4n) is 2.27. The van der Waals surface area contributed by atoms with E-state index in [1.807, 2.05) is 0 Å². The molecule has 0 saturated carbocycles. The van der Waals surface area contributed by atoms with Gasteiger partial charge in [-0.25, -0.2) is 4.39 Å². The maximum atomic E-state index is 13.6. The number of carbonyl (C=O) groups is 2. The van der Waals surface area contributed by atoms with E-state index in [1.165, 1.54) is 30.2 Å². The lowest BCUT2D eigenvalue weighted by atomic mass is 10.3. The predicted octanol–water partition coefficient (Wildman–Crippen LogP) is 4.79. The normalized spacial score (nSPS) is 11.6. The van der Waals surface area contributed by atoms with Gasteiger partial charge in [0.15, 0.2) is 5.76 Å². The van der Waals surface area contributed by atoms with Crippen molar-refractivity contribution in [1.82, 2.24) is 0 Å². The van der Waals surface area contributed by atoms with Crippen LogP contribution in [0.25, 0.3) is 0 Å². The van der Waals surface area contributed by atoms with Gasteiger partial charge in [0.1, 0.15) is 5.82 Å². The molecule has 138 valence electrons. The van der Waals surface area contributed by atoms with Gasteiger partial charge in [0.05, 0.1) is 17.2 Å². The summed E-state index contributed by atoms with van der Waals surface area (Å²) in [6.45, 7) is 1.74. The van der Waals surface area contributed by atoms with Crippen molar-refractivity contribution in [2.24, 2.45) is 0 Å². The topological polar surface area (TPSA) is 71.3 Å². The van der Waals surface area contributed by atoms with Crippen LogP contribution in [0.4, 0.5) is 15.8 Å². The average Bonchev–Trinajstić information content (AvgIpc) is 3.20. The quantitative estimate of drug-likeness (QED) is 0.600. The van der Waals surface area contributed by atoms with Crippen LogP contribution < -0.4 is 10.6 Å². The maximum Gasteiger partial charge on any atom is 0.291 e. The largest absolute Gasteiger partial charge is 0.459 e. The summed E-state index contributed by atoms with van der Waals surface area (Å²) >= 11 is 1.34. The molecule has 27 heavy (non-hydrogen) atoms. The van der Waals surface area contributed by atoms with E-state index in [9.17, 15) is 14.0 Å². The van der Waals surface area contributed by atoms with Gasteiger partial charge in [-0.2, -0.15) is 0 Å². The fourth-order valence-corrected chi connectivity index (χ4v) is 3.14. The second kappa shape index (κ2) is 8.55. The third-order valence-corrected chi connectivity index (χ3v) is 4.78. The van der Waals surface area contributed by atoms with Crippen LogP contribution in [-0.4, -0.2) is 17.1 Å². The monoisotopic (exact) mass is 384 g/mol. The Morgan fingerprint density at radius 1 is 1.00 bits per heavy atom. The molecule has 3 aromatic rings. The zero-order valence-electron chi connectivity index (χ0n) is 14.4. The Balaban J connectivity index is 1.56. The van der Waals surface area contributed by atoms with Crippen molar-refractivity contribution in [3.05, 3.63) is 78.5 Å². The van der Waals surface area contributed by atoms with Crippen LogP contribution in [0, 0.1) is 5.82 Å². The van der Waals surface area contributed by atoms with Crippen molar-refractivity contribution in [2.75, 3.05) is 10.6 Å². The minimum atomic E-state index is -0.472. The summed E-state index contributed by atoms with van der Waals surface area (Å²) in [6.07, 6.45) is 1.43.